The molecule has 0 heterocycles. The standard InChI is InChI=1S/C12H14BrNO2/c1-8(2)5-6-14-12(16)9-3-4-10(13)11(15)7-9/h3-5,7,15H,6H2,1-2H3,(H,14,16). The number of hydrogen-bond donors (Lipinski definition) is 2. The van der Waals surface area contributed by atoms with Gasteiger partial charge in [-0.15, -0.1) is 0 Å². The van der Waals surface area contributed by atoms with Gasteiger partial charge in [0.2, 0.25) is 0 Å². The van der Waals surface area contributed by atoms with E-state index in [1.807, 2.05) is 19.9 Å². The maximum atomic E-state index is 11.6. The van der Waals surface area contributed by atoms with Gasteiger partial charge in [-0.3, -0.25) is 4.79 Å². The molecule has 1 aromatic carbocycles. The van der Waals surface area contributed by atoms with Crippen molar-refractivity contribution in [2.45, 2.75) is 13.8 Å². The van der Waals surface area contributed by atoms with Crippen molar-refractivity contribution in [2.75, 3.05) is 6.54 Å². The summed E-state index contributed by atoms with van der Waals surface area (Å²) in [6, 6.07) is 4.73. The van der Waals surface area contributed by atoms with Gasteiger partial charge in [0.25, 0.3) is 5.91 Å². The summed E-state index contributed by atoms with van der Waals surface area (Å²) < 4.78 is 0.577. The van der Waals surface area contributed by atoms with Crippen molar-refractivity contribution in [3.63, 3.8) is 0 Å². The second kappa shape index (κ2) is 5.70. The highest BCUT2D eigenvalue weighted by molar-refractivity contribution is 9.10. The Morgan fingerprint density at radius 2 is 2.19 bits per heavy atom. The molecule has 3 nitrogen and oxygen atoms in total. The first-order chi connectivity index (χ1) is 7.50. The summed E-state index contributed by atoms with van der Waals surface area (Å²) in [5.41, 5.74) is 1.60. The summed E-state index contributed by atoms with van der Waals surface area (Å²) in [6.07, 6.45) is 1.93. The smallest absolute Gasteiger partial charge is 0.251 e. The highest BCUT2D eigenvalue weighted by atomic mass is 79.9. The van der Waals surface area contributed by atoms with Crippen molar-refractivity contribution >= 4 is 21.8 Å². The maximum absolute atomic E-state index is 11.6. The minimum absolute atomic E-state index is 0.0647. The Morgan fingerprint density at radius 3 is 2.75 bits per heavy atom. The lowest BCUT2D eigenvalue weighted by Gasteiger charge is -2.04. The fourth-order valence-electron chi connectivity index (χ4n) is 1.10. The number of benzene rings is 1. The lowest BCUT2D eigenvalue weighted by Crippen LogP contribution is -2.23. The van der Waals surface area contributed by atoms with E-state index in [0.29, 0.717) is 16.6 Å². The van der Waals surface area contributed by atoms with E-state index in [1.54, 1.807) is 12.1 Å². The number of phenolic OH excluding ortho intramolecular Hbond substituents is 1. The topological polar surface area (TPSA) is 49.3 Å². The summed E-state index contributed by atoms with van der Waals surface area (Å²) in [5.74, 6) is -0.129. The zero-order valence-electron chi connectivity index (χ0n) is 9.25. The molecule has 0 aliphatic heterocycles. The van der Waals surface area contributed by atoms with E-state index < -0.39 is 0 Å². The third kappa shape index (κ3) is 3.70. The molecule has 1 aromatic rings. The highest BCUT2D eigenvalue weighted by Crippen LogP contribution is 2.24. The summed E-state index contributed by atoms with van der Waals surface area (Å²) >= 11 is 3.16. The third-order valence-corrected chi connectivity index (χ3v) is 2.65. The molecule has 16 heavy (non-hydrogen) atoms. The number of carbonyl (C=O) groups is 1. The summed E-state index contributed by atoms with van der Waals surface area (Å²) in [5, 5.41) is 12.2. The largest absolute Gasteiger partial charge is 0.507 e. The predicted octanol–water partition coefficient (Wildman–Crippen LogP) is 2.85. The first-order valence-electron chi connectivity index (χ1n) is 4.91. The number of carbonyl (C=O) groups excluding carboxylic acids is 1. The van der Waals surface area contributed by atoms with Crippen LogP contribution in [0.3, 0.4) is 0 Å². The molecular weight excluding hydrogens is 270 g/mol. The van der Waals surface area contributed by atoms with E-state index in [9.17, 15) is 9.90 Å². The molecule has 0 saturated carbocycles. The lowest BCUT2D eigenvalue weighted by molar-refractivity contribution is 0.0957. The molecule has 86 valence electrons. The van der Waals surface area contributed by atoms with Crippen LogP contribution in [-0.2, 0) is 0 Å². The molecule has 0 spiro atoms. The number of phenols is 1. The Hall–Kier alpha value is -1.29. The van der Waals surface area contributed by atoms with Gasteiger partial charge in [-0.1, -0.05) is 11.6 Å². The van der Waals surface area contributed by atoms with Gasteiger partial charge in [0, 0.05) is 12.1 Å². The highest BCUT2D eigenvalue weighted by Gasteiger charge is 2.06. The van der Waals surface area contributed by atoms with Crippen LogP contribution in [0.25, 0.3) is 0 Å². The monoisotopic (exact) mass is 283 g/mol. The minimum atomic E-state index is -0.194. The van der Waals surface area contributed by atoms with Crippen LogP contribution in [0, 0.1) is 0 Å². The number of halogens is 1. The SMILES string of the molecule is CC(C)=CCNC(=O)c1ccc(Br)c(O)c1. The van der Waals surface area contributed by atoms with Gasteiger partial charge in [0.1, 0.15) is 5.75 Å². The van der Waals surface area contributed by atoms with Gasteiger partial charge < -0.3 is 10.4 Å². The average Bonchev–Trinajstić information content (AvgIpc) is 2.21. The van der Waals surface area contributed by atoms with Crippen LogP contribution in [0.4, 0.5) is 0 Å². The Morgan fingerprint density at radius 1 is 1.50 bits per heavy atom. The van der Waals surface area contributed by atoms with Gasteiger partial charge in [0.15, 0.2) is 0 Å². The maximum Gasteiger partial charge on any atom is 0.251 e. The molecule has 0 bridgehead atoms. The zero-order valence-corrected chi connectivity index (χ0v) is 10.8. The third-order valence-electron chi connectivity index (χ3n) is 1.98. The Balaban J connectivity index is 2.66. The van der Waals surface area contributed by atoms with E-state index in [-0.39, 0.29) is 11.7 Å². The molecule has 0 unspecified atom stereocenters. The average molecular weight is 284 g/mol. The number of rotatable bonds is 3. The van der Waals surface area contributed by atoms with Gasteiger partial charge in [-0.05, 0) is 48.0 Å². The van der Waals surface area contributed by atoms with E-state index in [0.717, 1.165) is 5.57 Å². The van der Waals surface area contributed by atoms with E-state index >= 15 is 0 Å². The number of hydrogen-bond acceptors (Lipinski definition) is 2. The number of nitrogens with one attached hydrogen (secondary N) is 1. The Labute approximate surface area is 103 Å². The van der Waals surface area contributed by atoms with E-state index in [2.05, 4.69) is 21.2 Å². The van der Waals surface area contributed by atoms with E-state index in [4.69, 9.17) is 0 Å². The molecule has 0 aliphatic carbocycles. The van der Waals surface area contributed by atoms with Crippen LogP contribution in [-0.4, -0.2) is 17.6 Å². The quantitative estimate of drug-likeness (QED) is 0.838. The van der Waals surface area contributed by atoms with Crippen LogP contribution in [0.2, 0.25) is 0 Å². The van der Waals surface area contributed by atoms with Gasteiger partial charge in [0.05, 0.1) is 4.47 Å². The zero-order chi connectivity index (χ0) is 12.1. The van der Waals surface area contributed by atoms with E-state index in [1.165, 1.54) is 6.07 Å². The molecule has 0 fully saturated rings. The van der Waals surface area contributed by atoms with Crippen LogP contribution < -0.4 is 5.32 Å². The van der Waals surface area contributed by atoms with Crippen LogP contribution >= 0.6 is 15.9 Å². The Kier molecular flexibility index (Phi) is 4.55. The number of allylic oxidation sites excluding steroid dienone is 1. The van der Waals surface area contributed by atoms with Crippen LogP contribution in [0.15, 0.2) is 34.3 Å². The lowest BCUT2D eigenvalue weighted by atomic mass is 10.2. The van der Waals surface area contributed by atoms with Crippen molar-refractivity contribution in [3.05, 3.63) is 39.9 Å². The normalized spacial score (nSPS) is 9.69. The molecule has 0 atom stereocenters. The summed E-state index contributed by atoms with van der Waals surface area (Å²) in [6.45, 7) is 4.44. The van der Waals surface area contributed by atoms with Crippen molar-refractivity contribution in [1.82, 2.24) is 5.32 Å². The van der Waals surface area contributed by atoms with Gasteiger partial charge in [-0.2, -0.15) is 0 Å². The molecule has 4 heteroatoms. The molecule has 1 amide bonds. The fraction of sp³-hybridized carbons (Fsp3) is 0.250. The van der Waals surface area contributed by atoms with Crippen molar-refractivity contribution < 1.29 is 9.90 Å². The van der Waals surface area contributed by atoms with Gasteiger partial charge >= 0.3 is 0 Å². The van der Waals surface area contributed by atoms with Crippen molar-refractivity contribution in [1.29, 1.82) is 0 Å². The summed E-state index contributed by atoms with van der Waals surface area (Å²) in [4.78, 5) is 11.6. The molecule has 0 saturated heterocycles. The number of amides is 1. The molecule has 1 rings (SSSR count). The predicted molar refractivity (Wildman–Crippen MR) is 67.6 cm³/mol. The molecule has 2 N–H and O–H groups in total. The Bertz CT molecular complexity index is 423. The summed E-state index contributed by atoms with van der Waals surface area (Å²) in [7, 11) is 0. The molecule has 0 radical (unpaired) electrons. The van der Waals surface area contributed by atoms with Crippen molar-refractivity contribution in [2.24, 2.45) is 0 Å². The first-order valence-corrected chi connectivity index (χ1v) is 5.70. The first kappa shape index (κ1) is 12.8. The van der Waals surface area contributed by atoms with Crippen molar-refractivity contribution in [3.8, 4) is 5.75 Å². The van der Waals surface area contributed by atoms with Gasteiger partial charge in [-0.25, -0.2) is 0 Å². The minimum Gasteiger partial charge on any atom is -0.507 e. The molecule has 0 aromatic heterocycles. The second-order valence-corrected chi connectivity index (χ2v) is 4.51. The van der Waals surface area contributed by atoms with Crippen LogP contribution in [0.1, 0.15) is 24.2 Å². The number of aromatic hydroxyl groups is 1. The second-order valence-electron chi connectivity index (χ2n) is 3.66. The fourth-order valence-corrected chi connectivity index (χ4v) is 1.35. The van der Waals surface area contributed by atoms with Crippen LogP contribution in [0.5, 0.6) is 5.75 Å². The molecule has 0 aliphatic rings. The molecular formula is C12H14BrNO2.